The van der Waals surface area contributed by atoms with Crippen LogP contribution in [0.5, 0.6) is 0 Å². The normalized spacial score (nSPS) is 20.2. The lowest BCUT2D eigenvalue weighted by Gasteiger charge is -2.14. The molecule has 0 N–H and O–H groups in total. The largest absolute Gasteiger partial charge is 0.469 e. The van der Waals surface area contributed by atoms with Crippen molar-refractivity contribution in [1.29, 1.82) is 0 Å². The summed E-state index contributed by atoms with van der Waals surface area (Å²) in [5.74, 6) is -0.0862. The van der Waals surface area contributed by atoms with Gasteiger partial charge in [0.1, 0.15) is 5.82 Å². The SMILES string of the molecule is CCn1cc(S(=O)(=O)N2CCC(C(=O)OC)C2)nc1C. The molecule has 0 amide bonds. The van der Waals surface area contributed by atoms with Crippen molar-refractivity contribution in [3.63, 3.8) is 0 Å². The molecule has 1 aliphatic heterocycles. The van der Waals surface area contributed by atoms with Crippen molar-refractivity contribution in [1.82, 2.24) is 13.9 Å². The predicted octanol–water partition coefficient (Wildman–Crippen LogP) is 0.395. The fraction of sp³-hybridized carbons (Fsp3) is 0.667. The Morgan fingerprint density at radius 3 is 2.80 bits per heavy atom. The van der Waals surface area contributed by atoms with Crippen LogP contribution in [0.2, 0.25) is 0 Å². The Kier molecular flexibility index (Phi) is 4.14. The first-order chi connectivity index (χ1) is 9.40. The number of ether oxygens (including phenoxy) is 1. The van der Waals surface area contributed by atoms with Crippen LogP contribution in [-0.4, -0.2) is 48.4 Å². The summed E-state index contributed by atoms with van der Waals surface area (Å²) in [6, 6.07) is 0. The topological polar surface area (TPSA) is 81.5 Å². The molecule has 1 aromatic rings. The number of carbonyl (C=O) groups is 1. The molecule has 7 nitrogen and oxygen atoms in total. The maximum absolute atomic E-state index is 12.5. The van der Waals surface area contributed by atoms with Gasteiger partial charge in [0.15, 0.2) is 5.03 Å². The second kappa shape index (κ2) is 5.53. The van der Waals surface area contributed by atoms with E-state index in [9.17, 15) is 13.2 Å². The van der Waals surface area contributed by atoms with E-state index in [2.05, 4.69) is 9.72 Å². The van der Waals surface area contributed by atoms with E-state index in [1.165, 1.54) is 17.6 Å². The van der Waals surface area contributed by atoms with Crippen molar-refractivity contribution >= 4 is 16.0 Å². The molecule has 1 saturated heterocycles. The van der Waals surface area contributed by atoms with E-state index in [1.807, 2.05) is 6.92 Å². The summed E-state index contributed by atoms with van der Waals surface area (Å²) in [6.07, 6.45) is 2.02. The summed E-state index contributed by atoms with van der Waals surface area (Å²) >= 11 is 0. The van der Waals surface area contributed by atoms with Crippen molar-refractivity contribution in [3.05, 3.63) is 12.0 Å². The Morgan fingerprint density at radius 1 is 1.55 bits per heavy atom. The van der Waals surface area contributed by atoms with Crippen LogP contribution in [0.3, 0.4) is 0 Å². The molecular weight excluding hydrogens is 282 g/mol. The molecule has 0 aliphatic carbocycles. The predicted molar refractivity (Wildman–Crippen MR) is 71.5 cm³/mol. The molecule has 1 aromatic heterocycles. The van der Waals surface area contributed by atoms with Crippen molar-refractivity contribution in [2.75, 3.05) is 20.2 Å². The number of aryl methyl sites for hydroxylation is 2. The summed E-state index contributed by atoms with van der Waals surface area (Å²) in [4.78, 5) is 15.6. The first-order valence-corrected chi connectivity index (χ1v) is 7.96. The first-order valence-electron chi connectivity index (χ1n) is 6.52. The fourth-order valence-corrected chi connectivity index (χ4v) is 3.86. The summed E-state index contributed by atoms with van der Waals surface area (Å²) in [6.45, 7) is 4.84. The molecule has 0 bridgehead atoms. The van der Waals surface area contributed by atoms with Gasteiger partial charge in [-0.25, -0.2) is 13.4 Å². The van der Waals surface area contributed by atoms with E-state index >= 15 is 0 Å². The number of rotatable bonds is 4. The third kappa shape index (κ3) is 2.57. The van der Waals surface area contributed by atoms with Gasteiger partial charge in [-0.05, 0) is 20.3 Å². The van der Waals surface area contributed by atoms with E-state index in [-0.39, 0.29) is 23.5 Å². The molecule has 2 heterocycles. The Labute approximate surface area is 118 Å². The van der Waals surface area contributed by atoms with Gasteiger partial charge < -0.3 is 9.30 Å². The van der Waals surface area contributed by atoms with E-state index in [0.717, 1.165) is 0 Å². The van der Waals surface area contributed by atoms with Crippen LogP contribution in [0, 0.1) is 12.8 Å². The Bertz CT molecular complexity index is 608. The molecule has 112 valence electrons. The van der Waals surface area contributed by atoms with E-state index in [1.54, 1.807) is 11.5 Å². The summed E-state index contributed by atoms with van der Waals surface area (Å²) in [5, 5.41) is 0.0439. The number of aromatic nitrogens is 2. The number of sulfonamides is 1. The van der Waals surface area contributed by atoms with E-state index in [4.69, 9.17) is 0 Å². The highest BCUT2D eigenvalue weighted by atomic mass is 32.2. The first kappa shape index (κ1) is 15.0. The van der Waals surface area contributed by atoms with Gasteiger partial charge in [-0.15, -0.1) is 0 Å². The molecule has 0 radical (unpaired) electrons. The highest BCUT2D eigenvalue weighted by Gasteiger charge is 2.37. The number of hydrogen-bond donors (Lipinski definition) is 0. The number of imidazole rings is 1. The van der Waals surface area contributed by atoms with Gasteiger partial charge in [0.25, 0.3) is 10.0 Å². The monoisotopic (exact) mass is 301 g/mol. The summed E-state index contributed by atoms with van der Waals surface area (Å²) < 4.78 is 32.7. The van der Waals surface area contributed by atoms with Gasteiger partial charge in [0, 0.05) is 25.8 Å². The lowest BCUT2D eigenvalue weighted by molar-refractivity contribution is -0.144. The van der Waals surface area contributed by atoms with Crippen LogP contribution < -0.4 is 0 Å². The molecule has 8 heteroatoms. The van der Waals surface area contributed by atoms with Crippen molar-refractivity contribution < 1.29 is 17.9 Å². The zero-order chi connectivity index (χ0) is 14.9. The van der Waals surface area contributed by atoms with Crippen molar-refractivity contribution in [2.45, 2.75) is 31.8 Å². The van der Waals surface area contributed by atoms with Gasteiger partial charge in [-0.1, -0.05) is 0 Å². The minimum atomic E-state index is -3.63. The quantitative estimate of drug-likeness (QED) is 0.752. The van der Waals surface area contributed by atoms with Crippen LogP contribution in [0.1, 0.15) is 19.2 Å². The van der Waals surface area contributed by atoms with Crippen LogP contribution in [0.25, 0.3) is 0 Å². The number of esters is 1. The lowest BCUT2D eigenvalue weighted by Crippen LogP contribution is -2.30. The second-order valence-corrected chi connectivity index (χ2v) is 6.67. The van der Waals surface area contributed by atoms with Gasteiger partial charge in [0.05, 0.1) is 13.0 Å². The Morgan fingerprint density at radius 2 is 2.25 bits per heavy atom. The lowest BCUT2D eigenvalue weighted by atomic mass is 10.1. The molecule has 0 spiro atoms. The number of hydrogen-bond acceptors (Lipinski definition) is 5. The second-order valence-electron chi connectivity index (χ2n) is 4.78. The van der Waals surface area contributed by atoms with Gasteiger partial charge >= 0.3 is 5.97 Å². The highest BCUT2D eigenvalue weighted by molar-refractivity contribution is 7.89. The molecule has 1 fully saturated rings. The maximum atomic E-state index is 12.5. The highest BCUT2D eigenvalue weighted by Crippen LogP contribution is 2.24. The third-order valence-corrected chi connectivity index (χ3v) is 5.32. The summed E-state index contributed by atoms with van der Waals surface area (Å²) in [7, 11) is -2.32. The molecular formula is C12H19N3O4S. The summed E-state index contributed by atoms with van der Waals surface area (Å²) in [5.41, 5.74) is 0. The molecule has 1 unspecified atom stereocenters. The molecule has 20 heavy (non-hydrogen) atoms. The molecule has 2 rings (SSSR count). The van der Waals surface area contributed by atoms with E-state index in [0.29, 0.717) is 25.3 Å². The Hall–Kier alpha value is -1.41. The standard InChI is InChI=1S/C12H19N3O4S/c1-4-14-8-11(13-9(14)2)20(17,18)15-6-5-10(7-15)12(16)19-3/h8,10H,4-7H2,1-3H3. The van der Waals surface area contributed by atoms with Crippen LogP contribution in [0.15, 0.2) is 11.2 Å². The fourth-order valence-electron chi connectivity index (χ4n) is 2.36. The average Bonchev–Trinajstić information content (AvgIpc) is 3.04. The third-order valence-electron chi connectivity index (χ3n) is 3.58. The average molecular weight is 301 g/mol. The molecule has 1 aliphatic rings. The smallest absolute Gasteiger partial charge is 0.310 e. The van der Waals surface area contributed by atoms with Gasteiger partial charge in [-0.2, -0.15) is 4.31 Å². The minimum Gasteiger partial charge on any atom is -0.469 e. The minimum absolute atomic E-state index is 0.0439. The van der Waals surface area contributed by atoms with Crippen molar-refractivity contribution in [3.8, 4) is 0 Å². The maximum Gasteiger partial charge on any atom is 0.310 e. The van der Waals surface area contributed by atoms with Crippen LogP contribution >= 0.6 is 0 Å². The van der Waals surface area contributed by atoms with Gasteiger partial charge in [0.2, 0.25) is 0 Å². The zero-order valence-corrected chi connectivity index (χ0v) is 12.7. The van der Waals surface area contributed by atoms with Crippen LogP contribution in [0.4, 0.5) is 0 Å². The Balaban J connectivity index is 2.21. The number of carbonyl (C=O) groups excluding carboxylic acids is 1. The van der Waals surface area contributed by atoms with Gasteiger partial charge in [-0.3, -0.25) is 4.79 Å². The number of nitrogens with zero attached hydrogens (tertiary/aromatic N) is 3. The van der Waals surface area contributed by atoms with Crippen molar-refractivity contribution in [2.24, 2.45) is 5.92 Å². The molecule has 0 saturated carbocycles. The number of methoxy groups -OCH3 is 1. The van der Waals surface area contributed by atoms with E-state index < -0.39 is 10.0 Å². The van der Waals surface area contributed by atoms with Crippen LogP contribution in [-0.2, 0) is 26.1 Å². The molecule has 1 atom stereocenters. The zero-order valence-electron chi connectivity index (χ0n) is 11.9. The molecule has 0 aromatic carbocycles.